The van der Waals surface area contributed by atoms with Gasteiger partial charge in [-0.3, -0.25) is 14.1 Å². The number of hydrogen-bond donors (Lipinski definition) is 0. The van der Waals surface area contributed by atoms with Gasteiger partial charge in [0.25, 0.3) is 0 Å². The highest BCUT2D eigenvalue weighted by molar-refractivity contribution is 7.96. The second-order valence-electron chi connectivity index (χ2n) is 13.9. The van der Waals surface area contributed by atoms with Gasteiger partial charge in [-0.1, -0.05) is 26.0 Å². The van der Waals surface area contributed by atoms with Crippen LogP contribution in [0.5, 0.6) is 0 Å². The first-order chi connectivity index (χ1) is 26.0. The normalized spacial score (nSPS) is 11.9. The summed E-state index contributed by atoms with van der Waals surface area (Å²) in [6, 6.07) is 6.43. The monoisotopic (exact) mass is 844 g/mol. The summed E-state index contributed by atoms with van der Waals surface area (Å²) in [5, 5.41) is 0.148. The molecule has 0 aliphatic rings. The van der Waals surface area contributed by atoms with Crippen LogP contribution in [0.2, 0.25) is 0 Å². The average Bonchev–Trinajstić information content (AvgIpc) is 3.77. The topological polar surface area (TPSA) is 126 Å². The maximum absolute atomic E-state index is 14.6. The zero-order valence-electron chi connectivity index (χ0n) is 32.1. The summed E-state index contributed by atoms with van der Waals surface area (Å²) in [6.45, 7) is 18.9. The number of hydrogen-bond acceptors (Lipinski definition) is 14. The first-order valence-electron chi connectivity index (χ1n) is 17.2. The maximum atomic E-state index is 14.6. The molecule has 0 saturated heterocycles. The van der Waals surface area contributed by atoms with E-state index in [-0.39, 0.29) is 78.8 Å². The number of anilines is 2. The van der Waals surface area contributed by atoms with Crippen LogP contribution in [0.3, 0.4) is 0 Å². The van der Waals surface area contributed by atoms with Crippen molar-refractivity contribution in [3.8, 4) is 0 Å². The molecular weight excluding hydrogens is 798 g/mol. The summed E-state index contributed by atoms with van der Waals surface area (Å²) in [5.41, 5.74) is 0.848. The molecule has 2 aromatic heterocycles. The molecule has 0 aliphatic carbocycles. The summed E-state index contributed by atoms with van der Waals surface area (Å²) in [5.74, 6) is -0.598. The van der Waals surface area contributed by atoms with Gasteiger partial charge in [0.2, 0.25) is 5.78 Å². The number of ether oxygens (including phenoxy) is 2. The molecule has 20 heteroatoms. The van der Waals surface area contributed by atoms with Gasteiger partial charge in [0.1, 0.15) is 33.4 Å². The van der Waals surface area contributed by atoms with Crippen molar-refractivity contribution in [2.75, 3.05) is 30.5 Å². The molecule has 0 atom stereocenters. The van der Waals surface area contributed by atoms with Crippen LogP contribution in [0.15, 0.2) is 47.2 Å². The highest BCUT2D eigenvalue weighted by Gasteiger charge is 2.29. The van der Waals surface area contributed by atoms with Crippen LogP contribution in [0.1, 0.15) is 95.8 Å². The summed E-state index contributed by atoms with van der Waals surface area (Å²) < 4.78 is 57.2. The molecule has 0 fully saturated rings. The molecule has 2 heterocycles. The lowest BCUT2D eigenvalue weighted by Gasteiger charge is -2.28. The minimum atomic E-state index is -0.754. The number of thiazole rings is 1. The van der Waals surface area contributed by atoms with Crippen LogP contribution in [0.25, 0.3) is 5.70 Å². The average molecular weight is 845 g/mol. The molecule has 2 amide bonds. The standard InChI is InChI=1S/C35H47F3N8O5S4/c1-10-16-42(32(48)50-34(3,4)5)18-19-44(53-36)20-26(39-9)24-12-14-25(15-13-24)46(55-38)31-29(40-23-52-31)30(47)27-21-45(54-37)28(41-27)22-43(17-11-2)33(49)51-35(6,7)8/h12-15,20-21,23H,9-11,16-19,22H2,1-8H3/b26-20-. The number of imidazole rings is 1. The summed E-state index contributed by atoms with van der Waals surface area (Å²) >= 11 is 0.624. The van der Waals surface area contributed by atoms with Crippen LogP contribution in [0.4, 0.5) is 31.9 Å². The van der Waals surface area contributed by atoms with Crippen molar-refractivity contribution in [2.24, 2.45) is 4.99 Å². The van der Waals surface area contributed by atoms with E-state index in [2.05, 4.69) is 21.7 Å². The van der Waals surface area contributed by atoms with Gasteiger partial charge in [-0.2, -0.15) is 0 Å². The maximum Gasteiger partial charge on any atom is 0.410 e. The predicted octanol–water partition coefficient (Wildman–Crippen LogP) is 10.3. The number of carbonyl (C=O) groups is 3. The van der Waals surface area contributed by atoms with Crippen LogP contribution >= 0.6 is 48.3 Å². The number of ketones is 1. The molecule has 0 bridgehead atoms. The third-order valence-electron chi connectivity index (χ3n) is 7.20. The fourth-order valence-corrected chi connectivity index (χ4v) is 6.76. The summed E-state index contributed by atoms with van der Waals surface area (Å²) in [7, 11) is 0. The fourth-order valence-electron chi connectivity index (χ4n) is 4.87. The smallest absolute Gasteiger partial charge is 0.410 e. The summed E-state index contributed by atoms with van der Waals surface area (Å²) in [4.78, 5) is 54.7. The Balaban J connectivity index is 1.82. The molecule has 3 aromatic rings. The molecule has 0 spiro atoms. The number of nitrogens with zero attached hydrogens (tertiary/aromatic N) is 8. The van der Waals surface area contributed by atoms with Crippen LogP contribution in [-0.4, -0.2) is 90.1 Å². The van der Waals surface area contributed by atoms with Crippen LogP contribution in [0, 0.1) is 0 Å². The largest absolute Gasteiger partial charge is 0.444 e. The minimum Gasteiger partial charge on any atom is -0.444 e. The second kappa shape index (κ2) is 20.9. The lowest BCUT2D eigenvalue weighted by atomic mass is 10.1. The van der Waals surface area contributed by atoms with Gasteiger partial charge in [-0.05, 0) is 73.2 Å². The van der Waals surface area contributed by atoms with Crippen molar-refractivity contribution in [3.05, 3.63) is 64.9 Å². The van der Waals surface area contributed by atoms with E-state index in [9.17, 15) is 26.0 Å². The number of carbonyl (C=O) groups excluding carboxylic acids is 3. The van der Waals surface area contributed by atoms with E-state index in [0.29, 0.717) is 42.9 Å². The van der Waals surface area contributed by atoms with Gasteiger partial charge in [0, 0.05) is 44.1 Å². The van der Waals surface area contributed by atoms with Gasteiger partial charge in [0.15, 0.2) is 37.0 Å². The highest BCUT2D eigenvalue weighted by atomic mass is 32.2. The molecule has 0 N–H and O–H groups in total. The fraction of sp³-hybridized carbons (Fsp3) is 0.486. The van der Waals surface area contributed by atoms with E-state index in [1.54, 1.807) is 65.8 Å². The SMILES string of the molecule is C=N/C(=C\N(CCN(CCC)C(=O)OC(C)(C)C)SF)c1ccc(N(SF)c2scnc2C(=O)c2cn(SF)c(CN(CCC)C(=O)OC(C)(C)C)n2)cc1. The van der Waals surface area contributed by atoms with Gasteiger partial charge >= 0.3 is 12.2 Å². The van der Waals surface area contributed by atoms with Crippen molar-refractivity contribution in [2.45, 2.75) is 86.0 Å². The molecule has 55 heavy (non-hydrogen) atoms. The Morgan fingerprint density at radius 3 is 2.04 bits per heavy atom. The Bertz CT molecular complexity index is 1780. The number of benzene rings is 1. The minimum absolute atomic E-state index is 0.0428. The lowest BCUT2D eigenvalue weighted by Crippen LogP contribution is -2.40. The molecule has 13 nitrogen and oxygen atoms in total. The van der Waals surface area contributed by atoms with E-state index in [0.717, 1.165) is 19.6 Å². The molecule has 0 radical (unpaired) electrons. The molecule has 1 aromatic carbocycles. The van der Waals surface area contributed by atoms with E-state index < -0.39 is 29.2 Å². The third-order valence-corrected chi connectivity index (χ3v) is 9.59. The zero-order chi connectivity index (χ0) is 40.9. The van der Waals surface area contributed by atoms with Crippen molar-refractivity contribution in [1.29, 1.82) is 0 Å². The predicted molar refractivity (Wildman–Crippen MR) is 217 cm³/mol. The first kappa shape index (κ1) is 45.5. The van der Waals surface area contributed by atoms with E-state index >= 15 is 0 Å². The van der Waals surface area contributed by atoms with Gasteiger partial charge in [0.05, 0.1) is 23.4 Å². The molecule has 0 saturated carbocycles. The van der Waals surface area contributed by atoms with Gasteiger partial charge in [-0.25, -0.2) is 27.8 Å². The Morgan fingerprint density at radius 1 is 0.909 bits per heavy atom. The number of aliphatic imine (C=N–C) groups is 1. The van der Waals surface area contributed by atoms with E-state index in [1.807, 2.05) is 13.8 Å². The Labute approximate surface area is 338 Å². The first-order valence-corrected chi connectivity index (χ1v) is 20.1. The molecule has 302 valence electrons. The number of amides is 2. The van der Waals surface area contributed by atoms with Gasteiger partial charge < -0.3 is 19.3 Å². The molecule has 3 rings (SSSR count). The second-order valence-corrected chi connectivity index (χ2v) is 16.4. The number of aromatic nitrogens is 3. The van der Waals surface area contributed by atoms with E-state index in [1.165, 1.54) is 32.0 Å². The zero-order valence-corrected chi connectivity index (χ0v) is 35.4. The lowest BCUT2D eigenvalue weighted by molar-refractivity contribution is 0.0224. The van der Waals surface area contributed by atoms with Gasteiger partial charge in [-0.15, -0.1) is 23.0 Å². The quantitative estimate of drug-likeness (QED) is 0.0648. The van der Waals surface area contributed by atoms with Crippen LogP contribution in [-0.2, 0) is 16.0 Å². The van der Waals surface area contributed by atoms with Crippen LogP contribution < -0.4 is 4.31 Å². The number of rotatable bonds is 19. The van der Waals surface area contributed by atoms with E-state index in [4.69, 9.17) is 9.47 Å². The molecule has 0 aliphatic heterocycles. The number of halogens is 3. The Hall–Kier alpha value is -3.88. The Kier molecular flexibility index (Phi) is 17.3. The Morgan fingerprint density at radius 2 is 1.51 bits per heavy atom. The molecular formula is C35H47F3N8O5S4. The highest BCUT2D eigenvalue weighted by Crippen LogP contribution is 2.39. The summed E-state index contributed by atoms with van der Waals surface area (Å²) in [6.07, 6.45) is 2.83. The third kappa shape index (κ3) is 13.4. The van der Waals surface area contributed by atoms with Crippen molar-refractivity contribution in [3.63, 3.8) is 0 Å². The van der Waals surface area contributed by atoms with Crippen molar-refractivity contribution < 1.29 is 35.5 Å². The van der Waals surface area contributed by atoms with Crippen molar-refractivity contribution >= 4 is 89.4 Å². The van der Waals surface area contributed by atoms with Crippen molar-refractivity contribution in [1.82, 2.24) is 28.0 Å². The molecule has 0 unspecified atom stereocenters.